The Hall–Kier alpha value is -3.53. The molecule has 0 N–H and O–H groups in total. The summed E-state index contributed by atoms with van der Waals surface area (Å²) in [6, 6.07) is 29.2. The molecule has 0 unspecified atom stereocenters. The second kappa shape index (κ2) is 11.3. The van der Waals surface area contributed by atoms with Gasteiger partial charge in [-0.1, -0.05) is 81.4 Å². The number of rotatable bonds is 10. The molecule has 1 aromatic heterocycles. The molecule has 0 atom stereocenters. The highest BCUT2D eigenvalue weighted by molar-refractivity contribution is 5.81. The van der Waals surface area contributed by atoms with Gasteiger partial charge >= 0.3 is 0 Å². The number of carbonyl (C=O) groups excluding carboxylic acids is 1. The van der Waals surface area contributed by atoms with Gasteiger partial charge in [-0.15, -0.1) is 0 Å². The summed E-state index contributed by atoms with van der Waals surface area (Å²) in [5.41, 5.74) is 4.46. The lowest BCUT2D eigenvalue weighted by Gasteiger charge is -2.29. The zero-order chi connectivity index (χ0) is 24.7. The second-order valence-corrected chi connectivity index (χ2v) is 10.4. The van der Waals surface area contributed by atoms with Gasteiger partial charge in [0.25, 0.3) is 0 Å². The summed E-state index contributed by atoms with van der Waals surface area (Å²) < 4.78 is 5.54. The van der Waals surface area contributed by atoms with Crippen LogP contribution in [0.4, 0.5) is 5.69 Å². The van der Waals surface area contributed by atoms with Crippen molar-refractivity contribution in [3.05, 3.63) is 102 Å². The van der Waals surface area contributed by atoms with Crippen LogP contribution in [0.25, 0.3) is 11.0 Å². The first-order valence-electron chi connectivity index (χ1n) is 12.5. The van der Waals surface area contributed by atoms with E-state index in [4.69, 9.17) is 4.42 Å². The fourth-order valence-corrected chi connectivity index (χ4v) is 4.37. The molecule has 182 valence electrons. The summed E-state index contributed by atoms with van der Waals surface area (Å²) >= 11 is 0. The highest BCUT2D eigenvalue weighted by atomic mass is 16.3. The molecular weight excluding hydrogens is 432 g/mol. The molecule has 1 heterocycles. The van der Waals surface area contributed by atoms with Crippen LogP contribution in [-0.2, 0) is 17.9 Å². The van der Waals surface area contributed by atoms with E-state index in [0.29, 0.717) is 13.0 Å². The zero-order valence-corrected chi connectivity index (χ0v) is 21.1. The normalized spacial score (nSPS) is 11.5. The molecule has 3 aromatic carbocycles. The first-order chi connectivity index (χ1) is 16.9. The maximum Gasteiger partial charge on any atom is 0.223 e. The van der Waals surface area contributed by atoms with Crippen molar-refractivity contribution in [3.8, 4) is 0 Å². The standard InChI is InChI=1S/C31H36N2O2/c1-31(2,3)22-30(34)33(24-26-13-8-5-9-14-26)19-10-18-32(23-25-11-6-4-7-12-25)28-15-16-29-27(21-28)17-20-35-29/h4-9,11-17,20-21H,10,18-19,22-24H2,1-3H3. The van der Waals surface area contributed by atoms with Gasteiger partial charge in [-0.2, -0.15) is 0 Å². The molecule has 4 aromatic rings. The molecule has 0 saturated carbocycles. The highest BCUT2D eigenvalue weighted by Crippen LogP contribution is 2.25. The van der Waals surface area contributed by atoms with E-state index in [2.05, 4.69) is 74.2 Å². The number of hydrogen-bond acceptors (Lipinski definition) is 3. The Bertz CT molecular complexity index is 1210. The summed E-state index contributed by atoms with van der Waals surface area (Å²) in [7, 11) is 0. The number of nitrogens with zero attached hydrogens (tertiary/aromatic N) is 2. The third-order valence-corrected chi connectivity index (χ3v) is 6.12. The Balaban J connectivity index is 1.49. The monoisotopic (exact) mass is 468 g/mol. The van der Waals surface area contributed by atoms with Crippen LogP contribution in [-0.4, -0.2) is 23.9 Å². The van der Waals surface area contributed by atoms with Crippen molar-refractivity contribution in [3.63, 3.8) is 0 Å². The minimum absolute atomic E-state index is 0.0363. The molecule has 0 spiro atoms. The summed E-state index contributed by atoms with van der Waals surface area (Å²) in [4.78, 5) is 17.6. The Morgan fingerprint density at radius 1 is 0.800 bits per heavy atom. The zero-order valence-electron chi connectivity index (χ0n) is 21.1. The van der Waals surface area contributed by atoms with Gasteiger partial charge in [0.15, 0.2) is 0 Å². The number of amides is 1. The molecule has 35 heavy (non-hydrogen) atoms. The fourth-order valence-electron chi connectivity index (χ4n) is 4.37. The molecule has 0 bridgehead atoms. The van der Waals surface area contributed by atoms with Crippen molar-refractivity contribution in [2.24, 2.45) is 5.41 Å². The number of fused-ring (bicyclic) bond motifs is 1. The molecule has 0 aliphatic rings. The summed E-state index contributed by atoms with van der Waals surface area (Å²) in [5, 5.41) is 1.10. The molecule has 0 radical (unpaired) electrons. The Morgan fingerprint density at radius 3 is 2.11 bits per heavy atom. The van der Waals surface area contributed by atoms with Crippen molar-refractivity contribution < 1.29 is 9.21 Å². The van der Waals surface area contributed by atoms with Crippen LogP contribution < -0.4 is 4.90 Å². The third-order valence-electron chi connectivity index (χ3n) is 6.12. The summed E-state index contributed by atoms with van der Waals surface area (Å²) in [5.74, 6) is 0.218. The van der Waals surface area contributed by atoms with Crippen LogP contribution in [0.5, 0.6) is 0 Å². The van der Waals surface area contributed by atoms with Crippen LogP contribution in [0.3, 0.4) is 0 Å². The Kier molecular flexibility index (Phi) is 7.91. The molecule has 0 aliphatic carbocycles. The van der Waals surface area contributed by atoms with Gasteiger partial charge in [0.1, 0.15) is 5.58 Å². The molecule has 4 nitrogen and oxygen atoms in total. The molecule has 0 fully saturated rings. The number of furan rings is 1. The van der Waals surface area contributed by atoms with Crippen molar-refractivity contribution >= 4 is 22.6 Å². The van der Waals surface area contributed by atoms with Crippen LogP contribution in [0.2, 0.25) is 0 Å². The maximum absolute atomic E-state index is 13.2. The molecule has 0 aliphatic heterocycles. The SMILES string of the molecule is CC(C)(C)CC(=O)N(CCCN(Cc1ccccc1)c1ccc2occc2c1)Cc1ccccc1. The topological polar surface area (TPSA) is 36.7 Å². The fraction of sp³-hybridized carbons (Fsp3) is 0.323. The first kappa shape index (κ1) is 24.6. The smallest absolute Gasteiger partial charge is 0.223 e. The largest absolute Gasteiger partial charge is 0.464 e. The van der Waals surface area contributed by atoms with Crippen molar-refractivity contribution in [2.45, 2.75) is 46.7 Å². The number of benzene rings is 3. The summed E-state index contributed by atoms with van der Waals surface area (Å²) in [6.45, 7) is 9.42. The van der Waals surface area contributed by atoms with Crippen molar-refractivity contribution in [1.29, 1.82) is 0 Å². The minimum atomic E-state index is -0.0363. The van der Waals surface area contributed by atoms with Crippen LogP contribution >= 0.6 is 0 Å². The first-order valence-corrected chi connectivity index (χ1v) is 12.5. The van der Waals surface area contributed by atoms with Gasteiger partial charge < -0.3 is 14.2 Å². The van der Waals surface area contributed by atoms with E-state index in [0.717, 1.165) is 37.0 Å². The lowest BCUT2D eigenvalue weighted by Crippen LogP contribution is -2.36. The predicted molar refractivity (Wildman–Crippen MR) is 144 cm³/mol. The Morgan fingerprint density at radius 2 is 1.46 bits per heavy atom. The van der Waals surface area contributed by atoms with E-state index < -0.39 is 0 Å². The van der Waals surface area contributed by atoms with Crippen LogP contribution in [0.1, 0.15) is 44.7 Å². The van der Waals surface area contributed by atoms with E-state index in [1.807, 2.05) is 41.3 Å². The van der Waals surface area contributed by atoms with E-state index in [1.54, 1.807) is 6.26 Å². The van der Waals surface area contributed by atoms with E-state index in [-0.39, 0.29) is 11.3 Å². The molecule has 4 heteroatoms. The average molecular weight is 469 g/mol. The van der Waals surface area contributed by atoms with Gasteiger partial charge in [-0.05, 0) is 47.2 Å². The number of hydrogen-bond donors (Lipinski definition) is 0. The quantitative estimate of drug-likeness (QED) is 0.245. The molecule has 1 amide bonds. The third kappa shape index (κ3) is 7.22. The van der Waals surface area contributed by atoms with Gasteiger partial charge in [0.05, 0.1) is 6.26 Å². The lowest BCUT2D eigenvalue weighted by molar-refractivity contribution is -0.133. The molecule has 0 saturated heterocycles. The number of carbonyl (C=O) groups is 1. The Labute approximate surface area is 209 Å². The molecular formula is C31H36N2O2. The maximum atomic E-state index is 13.2. The molecule has 4 rings (SSSR count). The van der Waals surface area contributed by atoms with Gasteiger partial charge in [0, 0.05) is 43.7 Å². The summed E-state index contributed by atoms with van der Waals surface area (Å²) in [6.07, 6.45) is 3.17. The average Bonchev–Trinajstić information content (AvgIpc) is 3.31. The van der Waals surface area contributed by atoms with Crippen molar-refractivity contribution in [2.75, 3.05) is 18.0 Å². The van der Waals surface area contributed by atoms with Crippen LogP contribution in [0, 0.1) is 5.41 Å². The van der Waals surface area contributed by atoms with Gasteiger partial charge in [0.2, 0.25) is 5.91 Å². The van der Waals surface area contributed by atoms with E-state index in [9.17, 15) is 4.79 Å². The van der Waals surface area contributed by atoms with Crippen molar-refractivity contribution in [1.82, 2.24) is 4.90 Å². The van der Waals surface area contributed by atoms with Gasteiger partial charge in [-0.3, -0.25) is 4.79 Å². The van der Waals surface area contributed by atoms with Crippen LogP contribution in [0.15, 0.2) is 95.6 Å². The lowest BCUT2D eigenvalue weighted by atomic mass is 9.91. The van der Waals surface area contributed by atoms with Gasteiger partial charge in [-0.25, -0.2) is 0 Å². The highest BCUT2D eigenvalue weighted by Gasteiger charge is 2.21. The van der Waals surface area contributed by atoms with E-state index in [1.165, 1.54) is 16.8 Å². The van der Waals surface area contributed by atoms with E-state index >= 15 is 0 Å². The second-order valence-electron chi connectivity index (χ2n) is 10.4. The number of anilines is 1. The minimum Gasteiger partial charge on any atom is -0.464 e. The predicted octanol–water partition coefficient (Wildman–Crippen LogP) is 7.29.